The molecule has 1 aromatic heterocycles. The van der Waals surface area contributed by atoms with Crippen molar-refractivity contribution in [3.05, 3.63) is 48.3 Å². The molecule has 1 saturated heterocycles. The number of piperidine rings is 1. The molecule has 2 heterocycles. The highest BCUT2D eigenvalue weighted by molar-refractivity contribution is 14.0. The number of nitrogens with one attached hydrogen (secondary N) is 2. The third-order valence-corrected chi connectivity index (χ3v) is 6.09. The molecule has 0 spiro atoms. The second-order valence-corrected chi connectivity index (χ2v) is 8.07. The second kappa shape index (κ2) is 9.80. The van der Waals surface area contributed by atoms with E-state index in [1.54, 1.807) is 19.5 Å². The average Bonchev–Trinajstić information content (AvgIpc) is 3.44. The van der Waals surface area contributed by atoms with Crippen LogP contribution in [-0.2, 0) is 5.41 Å². The van der Waals surface area contributed by atoms with Crippen LogP contribution in [0.3, 0.4) is 0 Å². The Hall–Kier alpha value is -2.10. The van der Waals surface area contributed by atoms with E-state index in [4.69, 9.17) is 4.74 Å². The summed E-state index contributed by atoms with van der Waals surface area (Å²) in [5, 5.41) is 7.22. The highest BCUT2D eigenvalue weighted by Crippen LogP contribution is 2.50. The molecule has 0 bridgehead atoms. The van der Waals surface area contributed by atoms with Crippen LogP contribution in [0.2, 0.25) is 0 Å². The van der Waals surface area contributed by atoms with Crippen molar-refractivity contribution in [2.45, 2.75) is 43.7 Å². The van der Waals surface area contributed by atoms with Gasteiger partial charge in [0, 0.05) is 55.6 Å². The summed E-state index contributed by atoms with van der Waals surface area (Å²) in [6.07, 6.45) is 6.87. The number of hydrogen-bond acceptors (Lipinski definition) is 5. The van der Waals surface area contributed by atoms with Crippen molar-refractivity contribution in [3.63, 3.8) is 0 Å². The second-order valence-electron chi connectivity index (χ2n) is 8.07. The van der Waals surface area contributed by atoms with Crippen LogP contribution in [0, 0.1) is 0 Å². The lowest BCUT2D eigenvalue weighted by Gasteiger charge is -2.34. The van der Waals surface area contributed by atoms with Crippen LogP contribution < -0.4 is 20.3 Å². The summed E-state index contributed by atoms with van der Waals surface area (Å²) in [6.45, 7) is 4.15. The summed E-state index contributed by atoms with van der Waals surface area (Å²) in [6, 6.07) is 10.8. The third kappa shape index (κ3) is 4.79. The summed E-state index contributed by atoms with van der Waals surface area (Å²) in [4.78, 5) is 15.5. The largest absolute Gasteiger partial charge is 0.496 e. The van der Waals surface area contributed by atoms with Gasteiger partial charge in [0.05, 0.1) is 7.11 Å². The first-order chi connectivity index (χ1) is 14.1. The van der Waals surface area contributed by atoms with Gasteiger partial charge in [0.2, 0.25) is 5.95 Å². The van der Waals surface area contributed by atoms with Gasteiger partial charge in [-0.1, -0.05) is 25.1 Å². The average molecular weight is 522 g/mol. The first-order valence-electron chi connectivity index (χ1n) is 10.3. The molecule has 0 radical (unpaired) electrons. The number of aromatic nitrogens is 2. The molecule has 30 heavy (non-hydrogen) atoms. The van der Waals surface area contributed by atoms with Crippen molar-refractivity contribution in [1.82, 2.24) is 20.6 Å². The number of rotatable bonds is 5. The number of guanidine groups is 1. The topological polar surface area (TPSA) is 74.7 Å². The smallest absolute Gasteiger partial charge is 0.225 e. The number of halogens is 1. The fourth-order valence-corrected chi connectivity index (χ4v) is 4.25. The van der Waals surface area contributed by atoms with Gasteiger partial charge in [0.25, 0.3) is 0 Å². The molecule has 3 unspecified atom stereocenters. The van der Waals surface area contributed by atoms with Crippen molar-refractivity contribution in [3.8, 4) is 5.75 Å². The number of hydrogen-bond donors (Lipinski definition) is 2. The van der Waals surface area contributed by atoms with E-state index in [1.165, 1.54) is 5.56 Å². The molecule has 2 aliphatic rings. The molecule has 162 valence electrons. The molecule has 3 atom stereocenters. The summed E-state index contributed by atoms with van der Waals surface area (Å²) >= 11 is 0. The third-order valence-electron chi connectivity index (χ3n) is 6.09. The van der Waals surface area contributed by atoms with Crippen LogP contribution >= 0.6 is 24.0 Å². The number of aliphatic imine (C=N–C) groups is 1. The van der Waals surface area contributed by atoms with Gasteiger partial charge in [-0.15, -0.1) is 24.0 Å². The van der Waals surface area contributed by atoms with E-state index < -0.39 is 0 Å². The first-order valence-corrected chi connectivity index (χ1v) is 10.3. The lowest BCUT2D eigenvalue weighted by molar-refractivity contribution is 0.404. The van der Waals surface area contributed by atoms with E-state index in [0.29, 0.717) is 12.1 Å². The Kier molecular flexibility index (Phi) is 7.38. The molecular weight excluding hydrogens is 491 g/mol. The van der Waals surface area contributed by atoms with Crippen molar-refractivity contribution in [2.75, 3.05) is 32.1 Å². The summed E-state index contributed by atoms with van der Waals surface area (Å²) < 4.78 is 5.58. The number of ether oxygens (including phenoxy) is 1. The number of anilines is 1. The normalized spacial score (nSPS) is 25.8. The van der Waals surface area contributed by atoms with Gasteiger partial charge in [0.15, 0.2) is 5.96 Å². The highest BCUT2D eigenvalue weighted by atomic mass is 127. The Bertz CT molecular complexity index is 864. The quantitative estimate of drug-likeness (QED) is 0.358. The lowest BCUT2D eigenvalue weighted by atomic mass is 9.96. The molecule has 1 aliphatic carbocycles. The molecule has 8 heteroatoms. The van der Waals surface area contributed by atoms with Crippen molar-refractivity contribution >= 4 is 35.9 Å². The number of benzene rings is 1. The van der Waals surface area contributed by atoms with Gasteiger partial charge in [-0.05, 0) is 31.4 Å². The van der Waals surface area contributed by atoms with Gasteiger partial charge in [-0.25, -0.2) is 9.97 Å². The minimum atomic E-state index is 0. The fraction of sp³-hybridized carbons (Fsp3) is 0.500. The predicted molar refractivity (Wildman–Crippen MR) is 131 cm³/mol. The van der Waals surface area contributed by atoms with Crippen molar-refractivity contribution in [2.24, 2.45) is 4.99 Å². The van der Waals surface area contributed by atoms with Crippen LogP contribution in [-0.4, -0.2) is 55.3 Å². The minimum absolute atomic E-state index is 0. The van der Waals surface area contributed by atoms with Gasteiger partial charge < -0.3 is 20.3 Å². The highest BCUT2D eigenvalue weighted by Gasteiger charge is 2.53. The molecule has 2 N–H and O–H groups in total. The molecule has 0 amide bonds. The van der Waals surface area contributed by atoms with Crippen LogP contribution in [0.5, 0.6) is 5.75 Å². The first kappa shape index (κ1) is 22.6. The molecule has 1 aromatic carbocycles. The van der Waals surface area contributed by atoms with Crippen LogP contribution in [0.25, 0.3) is 0 Å². The summed E-state index contributed by atoms with van der Waals surface area (Å²) in [7, 11) is 3.57. The molecular formula is C22H31IN6O. The van der Waals surface area contributed by atoms with E-state index in [-0.39, 0.29) is 29.4 Å². The van der Waals surface area contributed by atoms with Gasteiger partial charge in [-0.2, -0.15) is 0 Å². The monoisotopic (exact) mass is 522 g/mol. The van der Waals surface area contributed by atoms with Crippen molar-refractivity contribution in [1.29, 1.82) is 0 Å². The zero-order chi connectivity index (χ0) is 20.3. The Labute approximate surface area is 195 Å². The van der Waals surface area contributed by atoms with E-state index in [1.807, 2.05) is 25.2 Å². The maximum absolute atomic E-state index is 5.58. The fourth-order valence-electron chi connectivity index (χ4n) is 4.25. The summed E-state index contributed by atoms with van der Waals surface area (Å²) in [5.41, 5.74) is 1.31. The maximum atomic E-state index is 5.58. The van der Waals surface area contributed by atoms with Crippen LogP contribution in [0.1, 0.15) is 31.7 Å². The molecule has 2 fully saturated rings. The Morgan fingerprint density at radius 3 is 2.70 bits per heavy atom. The van der Waals surface area contributed by atoms with E-state index in [9.17, 15) is 0 Å². The van der Waals surface area contributed by atoms with Gasteiger partial charge in [0.1, 0.15) is 5.75 Å². The number of methoxy groups -OCH3 is 1. The Morgan fingerprint density at radius 1 is 1.20 bits per heavy atom. The lowest BCUT2D eigenvalue weighted by Crippen LogP contribution is -2.52. The number of nitrogens with zero attached hydrogens (tertiary/aromatic N) is 4. The van der Waals surface area contributed by atoms with Crippen LogP contribution in [0.15, 0.2) is 47.7 Å². The van der Waals surface area contributed by atoms with E-state index in [2.05, 4.69) is 49.6 Å². The van der Waals surface area contributed by atoms with Gasteiger partial charge in [-0.3, -0.25) is 4.99 Å². The van der Waals surface area contributed by atoms with Crippen LogP contribution in [0.4, 0.5) is 5.95 Å². The standard InChI is InChI=1S/C22H30N6O.HI/c1-22(17-9-4-5-10-18(17)29-3)14-19(22)27-20(23-2)26-16-8-6-13-28(15-16)21-24-11-7-12-25-21;/h4-5,7,9-12,16,19H,6,8,13-15H2,1-3H3,(H2,23,26,27);1H. The Balaban J connectivity index is 0.00000256. The molecule has 7 nitrogen and oxygen atoms in total. The molecule has 4 rings (SSSR count). The molecule has 2 aromatic rings. The van der Waals surface area contributed by atoms with Gasteiger partial charge >= 0.3 is 0 Å². The maximum Gasteiger partial charge on any atom is 0.225 e. The van der Waals surface area contributed by atoms with E-state index in [0.717, 1.165) is 50.0 Å². The predicted octanol–water partition coefficient (Wildman–Crippen LogP) is 2.97. The molecule has 1 aliphatic heterocycles. The molecule has 1 saturated carbocycles. The Morgan fingerprint density at radius 2 is 1.97 bits per heavy atom. The van der Waals surface area contributed by atoms with E-state index >= 15 is 0 Å². The zero-order valence-corrected chi connectivity index (χ0v) is 20.2. The number of para-hydroxylation sites is 1. The SMILES string of the molecule is CN=C(NC1CCCN(c2ncccn2)C1)NC1CC1(C)c1ccccc1OC.I. The summed E-state index contributed by atoms with van der Waals surface area (Å²) in [5.74, 6) is 2.61. The minimum Gasteiger partial charge on any atom is -0.496 e. The van der Waals surface area contributed by atoms with Crippen molar-refractivity contribution < 1.29 is 4.74 Å². The zero-order valence-electron chi connectivity index (χ0n) is 17.8.